The molecule has 0 saturated carbocycles. The summed E-state index contributed by atoms with van der Waals surface area (Å²) >= 11 is 0. The van der Waals surface area contributed by atoms with Crippen LogP contribution in [0.15, 0.2) is 30.3 Å². The Labute approximate surface area is 99.5 Å². The zero-order chi connectivity index (χ0) is 11.8. The Balaban J connectivity index is 2.13. The van der Waals surface area contributed by atoms with Crippen LogP contribution in [0.3, 0.4) is 0 Å². The third-order valence-electron chi connectivity index (χ3n) is 3.29. The quantitative estimate of drug-likeness (QED) is 0.693. The average molecular weight is 220 g/mol. The van der Waals surface area contributed by atoms with Gasteiger partial charge in [-0.05, 0) is 37.2 Å². The molecule has 1 nitrogen and oxygen atoms in total. The van der Waals surface area contributed by atoms with Crippen LogP contribution in [0.1, 0.15) is 45.1 Å². The third kappa shape index (κ3) is 4.80. The van der Waals surface area contributed by atoms with Gasteiger partial charge in [-0.25, -0.2) is 0 Å². The van der Waals surface area contributed by atoms with E-state index in [1.807, 2.05) is 6.92 Å². The molecule has 0 bridgehead atoms. The third-order valence-corrected chi connectivity index (χ3v) is 3.29. The van der Waals surface area contributed by atoms with Crippen LogP contribution in [0, 0.1) is 5.92 Å². The summed E-state index contributed by atoms with van der Waals surface area (Å²) in [5, 5.41) is 9.64. The van der Waals surface area contributed by atoms with Crippen LogP contribution >= 0.6 is 0 Å². The van der Waals surface area contributed by atoms with E-state index in [0.29, 0.717) is 5.92 Å². The van der Waals surface area contributed by atoms with Crippen molar-refractivity contribution in [1.82, 2.24) is 0 Å². The van der Waals surface area contributed by atoms with Gasteiger partial charge in [-0.15, -0.1) is 0 Å². The first-order chi connectivity index (χ1) is 7.74. The molecule has 2 unspecified atom stereocenters. The number of unbranched alkanes of at least 4 members (excludes halogenated alkanes) is 1. The molecule has 1 aromatic carbocycles. The summed E-state index contributed by atoms with van der Waals surface area (Å²) in [5.74, 6) is 0.445. The molecule has 1 N–H and O–H groups in total. The molecule has 2 atom stereocenters. The molecule has 0 radical (unpaired) electrons. The van der Waals surface area contributed by atoms with Gasteiger partial charge in [-0.2, -0.15) is 0 Å². The number of rotatable bonds is 7. The summed E-state index contributed by atoms with van der Waals surface area (Å²) in [5.41, 5.74) is 1.42. The molecule has 90 valence electrons. The van der Waals surface area contributed by atoms with E-state index in [-0.39, 0.29) is 6.10 Å². The van der Waals surface area contributed by atoms with Crippen molar-refractivity contribution < 1.29 is 5.11 Å². The SMILES string of the molecule is CCC(O)C(C)CCCCc1ccccc1. The number of aliphatic hydroxyl groups is 1. The Morgan fingerprint density at radius 3 is 2.44 bits per heavy atom. The summed E-state index contributed by atoms with van der Waals surface area (Å²) in [4.78, 5) is 0. The first kappa shape index (κ1) is 13.2. The van der Waals surface area contributed by atoms with Crippen molar-refractivity contribution in [1.29, 1.82) is 0 Å². The summed E-state index contributed by atoms with van der Waals surface area (Å²) in [6.45, 7) is 4.20. The fraction of sp³-hybridized carbons (Fsp3) is 0.600. The van der Waals surface area contributed by atoms with Crippen molar-refractivity contribution in [2.45, 2.75) is 52.1 Å². The molecule has 0 fully saturated rings. The van der Waals surface area contributed by atoms with Crippen LogP contribution in [0.25, 0.3) is 0 Å². The molecule has 1 rings (SSSR count). The minimum Gasteiger partial charge on any atom is -0.393 e. The number of benzene rings is 1. The first-order valence-corrected chi connectivity index (χ1v) is 6.46. The molecule has 1 heteroatoms. The van der Waals surface area contributed by atoms with Crippen molar-refractivity contribution in [3.8, 4) is 0 Å². The lowest BCUT2D eigenvalue weighted by molar-refractivity contribution is 0.106. The molecule has 0 aromatic heterocycles. The van der Waals surface area contributed by atoms with Crippen molar-refractivity contribution >= 4 is 0 Å². The fourth-order valence-electron chi connectivity index (χ4n) is 2.03. The predicted molar refractivity (Wildman–Crippen MR) is 69.5 cm³/mol. The maximum absolute atomic E-state index is 9.64. The first-order valence-electron chi connectivity index (χ1n) is 6.46. The molecule has 16 heavy (non-hydrogen) atoms. The molecular weight excluding hydrogens is 196 g/mol. The van der Waals surface area contributed by atoms with Crippen LogP contribution in [-0.4, -0.2) is 11.2 Å². The topological polar surface area (TPSA) is 20.2 Å². The summed E-state index contributed by atoms with van der Waals surface area (Å²) in [6.07, 6.45) is 5.51. The lowest BCUT2D eigenvalue weighted by Gasteiger charge is -2.16. The van der Waals surface area contributed by atoms with Crippen molar-refractivity contribution in [3.05, 3.63) is 35.9 Å². The minimum absolute atomic E-state index is 0.114. The van der Waals surface area contributed by atoms with E-state index in [9.17, 15) is 5.11 Å². The number of aryl methyl sites for hydroxylation is 1. The van der Waals surface area contributed by atoms with E-state index in [0.717, 1.165) is 19.3 Å². The maximum atomic E-state index is 9.64. The second kappa shape index (κ2) is 7.45. The Hall–Kier alpha value is -0.820. The van der Waals surface area contributed by atoms with Gasteiger partial charge < -0.3 is 5.11 Å². The highest BCUT2D eigenvalue weighted by Crippen LogP contribution is 2.15. The molecule has 0 aliphatic heterocycles. The molecule has 0 saturated heterocycles. The monoisotopic (exact) mass is 220 g/mol. The highest BCUT2D eigenvalue weighted by atomic mass is 16.3. The van der Waals surface area contributed by atoms with Gasteiger partial charge in [-0.1, -0.05) is 50.6 Å². The van der Waals surface area contributed by atoms with Crippen LogP contribution in [0.2, 0.25) is 0 Å². The molecule has 0 aliphatic carbocycles. The summed E-state index contributed by atoms with van der Waals surface area (Å²) < 4.78 is 0. The summed E-state index contributed by atoms with van der Waals surface area (Å²) in [7, 11) is 0. The molecule has 0 amide bonds. The minimum atomic E-state index is -0.114. The van der Waals surface area contributed by atoms with Gasteiger partial charge in [0.05, 0.1) is 6.10 Å². The molecule has 0 spiro atoms. The highest BCUT2D eigenvalue weighted by Gasteiger charge is 2.10. The van der Waals surface area contributed by atoms with Crippen molar-refractivity contribution in [2.75, 3.05) is 0 Å². The number of hydrogen-bond donors (Lipinski definition) is 1. The van der Waals surface area contributed by atoms with Crippen molar-refractivity contribution in [3.63, 3.8) is 0 Å². The molecular formula is C15H24O. The lowest BCUT2D eigenvalue weighted by atomic mass is 9.95. The molecule has 0 heterocycles. The largest absolute Gasteiger partial charge is 0.393 e. The van der Waals surface area contributed by atoms with Crippen LogP contribution in [0.4, 0.5) is 0 Å². The average Bonchev–Trinajstić information content (AvgIpc) is 2.34. The van der Waals surface area contributed by atoms with Gasteiger partial charge in [0.1, 0.15) is 0 Å². The van der Waals surface area contributed by atoms with Gasteiger partial charge in [-0.3, -0.25) is 0 Å². The second-order valence-corrected chi connectivity index (χ2v) is 4.68. The Bertz CT molecular complexity index is 268. The smallest absolute Gasteiger partial charge is 0.0563 e. The molecule has 0 aliphatic rings. The number of hydrogen-bond acceptors (Lipinski definition) is 1. The Morgan fingerprint density at radius 1 is 1.12 bits per heavy atom. The fourth-order valence-corrected chi connectivity index (χ4v) is 2.03. The predicted octanol–water partition coefficient (Wildman–Crippen LogP) is 3.81. The van der Waals surface area contributed by atoms with E-state index < -0.39 is 0 Å². The number of aliphatic hydroxyl groups excluding tert-OH is 1. The van der Waals surface area contributed by atoms with Gasteiger partial charge in [0, 0.05) is 0 Å². The molecule has 1 aromatic rings. The van der Waals surface area contributed by atoms with E-state index in [1.54, 1.807) is 0 Å². The highest BCUT2D eigenvalue weighted by molar-refractivity contribution is 5.14. The van der Waals surface area contributed by atoms with Crippen LogP contribution < -0.4 is 0 Å². The second-order valence-electron chi connectivity index (χ2n) is 4.68. The zero-order valence-electron chi connectivity index (χ0n) is 10.5. The van der Waals surface area contributed by atoms with Gasteiger partial charge in [0.2, 0.25) is 0 Å². The van der Waals surface area contributed by atoms with Crippen molar-refractivity contribution in [2.24, 2.45) is 5.92 Å². The van der Waals surface area contributed by atoms with Crippen LogP contribution in [-0.2, 0) is 6.42 Å². The normalized spacial score (nSPS) is 14.7. The Morgan fingerprint density at radius 2 is 1.81 bits per heavy atom. The van der Waals surface area contributed by atoms with Gasteiger partial charge in [0.15, 0.2) is 0 Å². The van der Waals surface area contributed by atoms with E-state index in [2.05, 4.69) is 37.3 Å². The summed E-state index contributed by atoms with van der Waals surface area (Å²) in [6, 6.07) is 10.6. The van der Waals surface area contributed by atoms with E-state index >= 15 is 0 Å². The lowest BCUT2D eigenvalue weighted by Crippen LogP contribution is -2.16. The van der Waals surface area contributed by atoms with Gasteiger partial charge in [0.25, 0.3) is 0 Å². The Kier molecular flexibility index (Phi) is 6.17. The van der Waals surface area contributed by atoms with Crippen LogP contribution in [0.5, 0.6) is 0 Å². The zero-order valence-corrected chi connectivity index (χ0v) is 10.5. The van der Waals surface area contributed by atoms with Gasteiger partial charge >= 0.3 is 0 Å². The van der Waals surface area contributed by atoms with E-state index in [1.165, 1.54) is 18.4 Å². The standard InChI is InChI=1S/C15H24O/c1-3-15(16)13(2)9-7-8-12-14-10-5-4-6-11-14/h4-6,10-11,13,15-16H,3,7-9,12H2,1-2H3. The van der Waals surface area contributed by atoms with E-state index in [4.69, 9.17) is 0 Å². The maximum Gasteiger partial charge on any atom is 0.0563 e.